The van der Waals surface area contributed by atoms with E-state index in [1.54, 1.807) is 23.1 Å². The second-order valence-electron chi connectivity index (χ2n) is 4.74. The molecule has 7 heteroatoms. The molecule has 0 aliphatic carbocycles. The topological polar surface area (TPSA) is 61.4 Å². The Balaban J connectivity index is 2.26. The number of rotatable bonds is 3. The second kappa shape index (κ2) is 7.24. The first-order valence-electron chi connectivity index (χ1n) is 6.79. The van der Waals surface area contributed by atoms with Gasteiger partial charge in [-0.05, 0) is 41.1 Å². The van der Waals surface area contributed by atoms with Crippen molar-refractivity contribution in [2.75, 3.05) is 26.2 Å². The van der Waals surface area contributed by atoms with Crippen LogP contribution in [-0.2, 0) is 4.79 Å². The minimum Gasteiger partial charge on any atom is -0.355 e. The highest BCUT2D eigenvalue weighted by atomic mass is 79.9. The van der Waals surface area contributed by atoms with Gasteiger partial charge in [0.2, 0.25) is 5.91 Å². The Labute approximate surface area is 137 Å². The molecule has 5 nitrogen and oxygen atoms in total. The molecule has 1 atom stereocenters. The molecule has 0 radical (unpaired) electrons. The number of hydrogen-bond donors (Lipinski definition) is 2. The van der Waals surface area contributed by atoms with Crippen LogP contribution in [0.3, 0.4) is 0 Å². The number of amides is 2. The molecule has 1 aliphatic heterocycles. The molecule has 21 heavy (non-hydrogen) atoms. The van der Waals surface area contributed by atoms with Crippen molar-refractivity contribution in [3.63, 3.8) is 0 Å². The van der Waals surface area contributed by atoms with Gasteiger partial charge in [0.15, 0.2) is 0 Å². The highest BCUT2D eigenvalue weighted by Crippen LogP contribution is 2.23. The predicted octanol–water partition coefficient (Wildman–Crippen LogP) is 1.65. The lowest BCUT2D eigenvalue weighted by Crippen LogP contribution is -2.59. The summed E-state index contributed by atoms with van der Waals surface area (Å²) in [4.78, 5) is 26.4. The number of benzene rings is 1. The van der Waals surface area contributed by atoms with Gasteiger partial charge in [0, 0.05) is 35.7 Å². The SMILES string of the molecule is CCNC(=O)C1CNCCN1C(=O)c1cc(Cl)ccc1Br. The van der Waals surface area contributed by atoms with E-state index >= 15 is 0 Å². The number of hydrogen-bond acceptors (Lipinski definition) is 3. The number of carbonyl (C=O) groups excluding carboxylic acids is 2. The number of likely N-dealkylation sites (N-methyl/N-ethyl adjacent to an activating group) is 1. The van der Waals surface area contributed by atoms with Gasteiger partial charge in [-0.3, -0.25) is 9.59 Å². The van der Waals surface area contributed by atoms with E-state index < -0.39 is 6.04 Å². The molecule has 0 bridgehead atoms. The summed E-state index contributed by atoms with van der Waals surface area (Å²) >= 11 is 9.33. The van der Waals surface area contributed by atoms with Crippen LogP contribution < -0.4 is 10.6 Å². The maximum atomic E-state index is 12.7. The number of piperazine rings is 1. The highest BCUT2D eigenvalue weighted by Gasteiger charge is 2.33. The molecule has 1 aliphatic rings. The van der Waals surface area contributed by atoms with Gasteiger partial charge in [-0.1, -0.05) is 11.6 Å². The van der Waals surface area contributed by atoms with Gasteiger partial charge in [-0.2, -0.15) is 0 Å². The lowest BCUT2D eigenvalue weighted by molar-refractivity contribution is -0.126. The van der Waals surface area contributed by atoms with Crippen molar-refractivity contribution in [2.45, 2.75) is 13.0 Å². The summed E-state index contributed by atoms with van der Waals surface area (Å²) in [5.41, 5.74) is 0.471. The molecule has 1 aromatic rings. The first-order chi connectivity index (χ1) is 10.0. The van der Waals surface area contributed by atoms with Crippen LogP contribution in [0.4, 0.5) is 0 Å². The molecule has 114 valence electrons. The molecule has 1 fully saturated rings. The zero-order valence-electron chi connectivity index (χ0n) is 11.7. The van der Waals surface area contributed by atoms with E-state index in [2.05, 4.69) is 26.6 Å². The summed E-state index contributed by atoms with van der Waals surface area (Å²) in [7, 11) is 0. The van der Waals surface area contributed by atoms with Crippen LogP contribution in [0.1, 0.15) is 17.3 Å². The van der Waals surface area contributed by atoms with E-state index in [4.69, 9.17) is 11.6 Å². The lowest BCUT2D eigenvalue weighted by atomic mass is 10.1. The van der Waals surface area contributed by atoms with Gasteiger partial charge >= 0.3 is 0 Å². The molecule has 2 amide bonds. The Hall–Kier alpha value is -1.11. The van der Waals surface area contributed by atoms with Gasteiger partial charge in [0.25, 0.3) is 5.91 Å². The Bertz CT molecular complexity index is 553. The normalized spacial score (nSPS) is 18.4. The summed E-state index contributed by atoms with van der Waals surface area (Å²) in [6, 6.07) is 4.56. The molecule has 0 aromatic heterocycles. The van der Waals surface area contributed by atoms with Crippen molar-refractivity contribution in [1.29, 1.82) is 0 Å². The van der Waals surface area contributed by atoms with Crippen LogP contribution in [0, 0.1) is 0 Å². The summed E-state index contributed by atoms with van der Waals surface area (Å²) in [6.45, 7) is 4.00. The summed E-state index contributed by atoms with van der Waals surface area (Å²) < 4.78 is 0.671. The molecular weight excluding hydrogens is 358 g/mol. The van der Waals surface area contributed by atoms with Crippen LogP contribution in [-0.4, -0.2) is 48.9 Å². The fourth-order valence-electron chi connectivity index (χ4n) is 2.29. The van der Waals surface area contributed by atoms with Gasteiger partial charge in [-0.15, -0.1) is 0 Å². The molecule has 0 spiro atoms. The van der Waals surface area contributed by atoms with Gasteiger partial charge in [0.05, 0.1) is 5.56 Å². The molecule has 1 saturated heterocycles. The standard InChI is InChI=1S/C14H17BrClN3O2/c1-2-18-13(20)12-8-17-5-6-19(12)14(21)10-7-9(16)3-4-11(10)15/h3-4,7,12,17H,2,5-6,8H2,1H3,(H,18,20). The molecule has 1 heterocycles. The third-order valence-electron chi connectivity index (χ3n) is 3.32. The lowest BCUT2D eigenvalue weighted by Gasteiger charge is -2.35. The summed E-state index contributed by atoms with van der Waals surface area (Å²) in [6.07, 6.45) is 0. The number of nitrogens with zero attached hydrogens (tertiary/aromatic N) is 1. The van der Waals surface area contributed by atoms with Crippen LogP contribution in [0.15, 0.2) is 22.7 Å². The largest absolute Gasteiger partial charge is 0.355 e. The van der Waals surface area contributed by atoms with E-state index in [1.807, 2.05) is 6.92 Å². The zero-order chi connectivity index (χ0) is 15.4. The predicted molar refractivity (Wildman–Crippen MR) is 85.5 cm³/mol. The summed E-state index contributed by atoms with van der Waals surface area (Å²) in [5.74, 6) is -0.335. The third-order valence-corrected chi connectivity index (χ3v) is 4.24. The first kappa shape index (κ1) is 16.3. The summed E-state index contributed by atoms with van der Waals surface area (Å²) in [5, 5.41) is 6.40. The van der Waals surface area contributed by atoms with Crippen molar-refractivity contribution < 1.29 is 9.59 Å². The zero-order valence-corrected chi connectivity index (χ0v) is 14.0. The van der Waals surface area contributed by atoms with E-state index in [0.29, 0.717) is 41.2 Å². The molecule has 1 unspecified atom stereocenters. The number of halogens is 2. The van der Waals surface area contributed by atoms with Crippen molar-refractivity contribution in [1.82, 2.24) is 15.5 Å². The van der Waals surface area contributed by atoms with Crippen molar-refractivity contribution in [3.05, 3.63) is 33.3 Å². The quantitative estimate of drug-likeness (QED) is 0.846. The molecule has 0 saturated carbocycles. The average Bonchev–Trinajstić information content (AvgIpc) is 2.49. The Morgan fingerprint density at radius 3 is 3.00 bits per heavy atom. The van der Waals surface area contributed by atoms with E-state index in [1.165, 1.54) is 0 Å². The third kappa shape index (κ3) is 3.75. The second-order valence-corrected chi connectivity index (χ2v) is 6.03. The van der Waals surface area contributed by atoms with Gasteiger partial charge in [0.1, 0.15) is 6.04 Å². The number of nitrogens with one attached hydrogen (secondary N) is 2. The smallest absolute Gasteiger partial charge is 0.255 e. The number of carbonyl (C=O) groups is 2. The minimum absolute atomic E-state index is 0.142. The van der Waals surface area contributed by atoms with Crippen molar-refractivity contribution >= 4 is 39.3 Å². The van der Waals surface area contributed by atoms with Crippen molar-refractivity contribution in [2.24, 2.45) is 0 Å². The van der Waals surface area contributed by atoms with Crippen LogP contribution in [0.5, 0.6) is 0 Å². The van der Waals surface area contributed by atoms with E-state index in [-0.39, 0.29) is 11.8 Å². The Morgan fingerprint density at radius 2 is 2.29 bits per heavy atom. The average molecular weight is 375 g/mol. The highest BCUT2D eigenvalue weighted by molar-refractivity contribution is 9.10. The maximum absolute atomic E-state index is 12.7. The van der Waals surface area contributed by atoms with E-state index in [9.17, 15) is 9.59 Å². The molecule has 2 rings (SSSR count). The van der Waals surface area contributed by atoms with Crippen LogP contribution >= 0.6 is 27.5 Å². The Kier molecular flexibility index (Phi) is 5.61. The molecular formula is C14H17BrClN3O2. The van der Waals surface area contributed by atoms with E-state index in [0.717, 1.165) is 0 Å². The maximum Gasteiger partial charge on any atom is 0.255 e. The van der Waals surface area contributed by atoms with Crippen LogP contribution in [0.25, 0.3) is 0 Å². The van der Waals surface area contributed by atoms with Gasteiger partial charge < -0.3 is 15.5 Å². The molecule has 2 N–H and O–H groups in total. The monoisotopic (exact) mass is 373 g/mol. The fraction of sp³-hybridized carbons (Fsp3) is 0.429. The fourth-order valence-corrected chi connectivity index (χ4v) is 2.88. The van der Waals surface area contributed by atoms with Crippen LogP contribution in [0.2, 0.25) is 5.02 Å². The Morgan fingerprint density at radius 1 is 1.52 bits per heavy atom. The van der Waals surface area contributed by atoms with Crippen molar-refractivity contribution in [3.8, 4) is 0 Å². The molecule has 1 aromatic carbocycles. The van der Waals surface area contributed by atoms with Gasteiger partial charge in [-0.25, -0.2) is 0 Å². The minimum atomic E-state index is -0.503. The first-order valence-corrected chi connectivity index (χ1v) is 7.96.